The number of rotatable bonds is 3. The maximum absolute atomic E-state index is 13.4. The number of carbonyl (C=O) groups is 1. The van der Waals surface area contributed by atoms with Gasteiger partial charge in [-0.05, 0) is 17.5 Å². The smallest absolute Gasteiger partial charge is 0.273 e. The van der Waals surface area contributed by atoms with Crippen molar-refractivity contribution in [3.05, 3.63) is 72.1 Å². The number of methoxy groups -OCH3 is 1. The summed E-state index contributed by atoms with van der Waals surface area (Å²) in [5.41, 5.74) is 1.51. The molecule has 3 aromatic rings. The van der Waals surface area contributed by atoms with Gasteiger partial charge in [0.25, 0.3) is 5.91 Å². The van der Waals surface area contributed by atoms with Gasteiger partial charge in [-0.25, -0.2) is 0 Å². The number of nitrogens with zero attached hydrogens (tertiary/aromatic N) is 2. The summed E-state index contributed by atoms with van der Waals surface area (Å²) in [4.78, 5) is 19.7. The van der Waals surface area contributed by atoms with Gasteiger partial charge in [-0.1, -0.05) is 42.5 Å². The van der Waals surface area contributed by atoms with Crippen LogP contribution in [0, 0.1) is 0 Å². The Morgan fingerprint density at radius 2 is 1.96 bits per heavy atom. The molecular weight excluding hydrogens is 326 g/mol. The van der Waals surface area contributed by atoms with Gasteiger partial charge in [0.1, 0.15) is 11.4 Å². The van der Waals surface area contributed by atoms with Crippen molar-refractivity contribution in [2.24, 2.45) is 0 Å². The van der Waals surface area contributed by atoms with Crippen molar-refractivity contribution in [1.29, 1.82) is 0 Å². The molecule has 1 aliphatic heterocycles. The minimum Gasteiger partial charge on any atom is -0.496 e. The number of ether oxygens (including phenoxy) is 1. The molecule has 1 N–H and O–H groups in total. The maximum Gasteiger partial charge on any atom is 0.273 e. The third-order valence-electron chi connectivity index (χ3n) is 4.88. The van der Waals surface area contributed by atoms with Crippen LogP contribution < -0.4 is 10.1 Å². The topological polar surface area (TPSA) is 54.5 Å². The monoisotopic (exact) mass is 347 g/mol. The number of amides is 1. The van der Waals surface area contributed by atoms with E-state index in [0.29, 0.717) is 18.8 Å². The maximum atomic E-state index is 13.4. The average Bonchev–Trinajstić information content (AvgIpc) is 2.73. The Morgan fingerprint density at radius 3 is 2.85 bits per heavy atom. The van der Waals surface area contributed by atoms with E-state index in [1.54, 1.807) is 13.3 Å². The normalized spacial score (nSPS) is 17.3. The van der Waals surface area contributed by atoms with Gasteiger partial charge < -0.3 is 15.0 Å². The van der Waals surface area contributed by atoms with Crippen molar-refractivity contribution in [2.75, 3.05) is 26.7 Å². The van der Waals surface area contributed by atoms with Gasteiger partial charge in [0.05, 0.1) is 13.2 Å². The van der Waals surface area contributed by atoms with E-state index in [1.165, 1.54) is 0 Å². The fourth-order valence-corrected chi connectivity index (χ4v) is 3.59. The summed E-state index contributed by atoms with van der Waals surface area (Å²) in [6, 6.07) is 17.6. The molecule has 1 saturated heterocycles. The number of nitrogens with one attached hydrogen (secondary N) is 1. The van der Waals surface area contributed by atoms with Crippen LogP contribution in [0.3, 0.4) is 0 Å². The largest absolute Gasteiger partial charge is 0.496 e. The van der Waals surface area contributed by atoms with Gasteiger partial charge in [-0.2, -0.15) is 0 Å². The second kappa shape index (κ2) is 7.14. The van der Waals surface area contributed by atoms with Gasteiger partial charge >= 0.3 is 0 Å². The van der Waals surface area contributed by atoms with E-state index in [-0.39, 0.29) is 11.9 Å². The lowest BCUT2D eigenvalue weighted by atomic mass is 10.0. The van der Waals surface area contributed by atoms with E-state index in [9.17, 15) is 4.79 Å². The lowest BCUT2D eigenvalue weighted by Crippen LogP contribution is -2.49. The number of aromatic nitrogens is 1. The first-order valence-electron chi connectivity index (χ1n) is 8.78. The number of fused-ring (bicyclic) bond motifs is 1. The minimum absolute atomic E-state index is 0.0424. The number of carbonyl (C=O) groups excluding carboxylic acids is 1. The Bertz CT molecular complexity index is 936. The van der Waals surface area contributed by atoms with Crippen molar-refractivity contribution in [1.82, 2.24) is 15.2 Å². The molecule has 0 spiro atoms. The highest BCUT2D eigenvalue weighted by Crippen LogP contribution is 2.31. The van der Waals surface area contributed by atoms with Crippen molar-refractivity contribution in [2.45, 2.75) is 6.04 Å². The Hall–Kier alpha value is -2.92. The highest BCUT2D eigenvalue weighted by molar-refractivity contribution is 6.05. The van der Waals surface area contributed by atoms with Crippen molar-refractivity contribution in [3.63, 3.8) is 0 Å². The molecule has 5 nitrogen and oxygen atoms in total. The number of hydrogen-bond donors (Lipinski definition) is 1. The van der Waals surface area contributed by atoms with E-state index in [2.05, 4.69) is 10.3 Å². The van der Waals surface area contributed by atoms with Gasteiger partial charge in [-0.15, -0.1) is 0 Å². The van der Waals surface area contributed by atoms with Crippen LogP contribution >= 0.6 is 0 Å². The molecule has 2 heterocycles. The van der Waals surface area contributed by atoms with E-state index >= 15 is 0 Å². The predicted octanol–water partition coefficient (Wildman–Crippen LogP) is 3.03. The van der Waals surface area contributed by atoms with E-state index in [1.807, 2.05) is 59.5 Å². The summed E-state index contributed by atoms with van der Waals surface area (Å²) in [5, 5.41) is 5.30. The number of hydrogen-bond acceptors (Lipinski definition) is 4. The third kappa shape index (κ3) is 2.91. The van der Waals surface area contributed by atoms with E-state index in [0.717, 1.165) is 28.6 Å². The summed E-state index contributed by atoms with van der Waals surface area (Å²) in [6.07, 6.45) is 1.70. The lowest BCUT2D eigenvalue weighted by molar-refractivity contribution is 0.0628. The van der Waals surface area contributed by atoms with Crippen LogP contribution in [0.4, 0.5) is 0 Å². The van der Waals surface area contributed by atoms with Crippen LogP contribution in [0.1, 0.15) is 22.1 Å². The first-order chi connectivity index (χ1) is 12.8. The molecule has 0 aliphatic carbocycles. The van der Waals surface area contributed by atoms with Crippen LogP contribution in [0.5, 0.6) is 5.75 Å². The van der Waals surface area contributed by atoms with Gasteiger partial charge in [-0.3, -0.25) is 9.78 Å². The fourth-order valence-electron chi connectivity index (χ4n) is 3.59. The summed E-state index contributed by atoms with van der Waals surface area (Å²) < 4.78 is 5.52. The Morgan fingerprint density at radius 1 is 1.15 bits per heavy atom. The number of piperazine rings is 1. The van der Waals surface area contributed by atoms with Crippen molar-refractivity contribution >= 4 is 16.7 Å². The molecule has 0 saturated carbocycles. The molecule has 132 valence electrons. The van der Waals surface area contributed by atoms with Crippen LogP contribution in [-0.4, -0.2) is 42.5 Å². The summed E-state index contributed by atoms with van der Waals surface area (Å²) in [7, 11) is 1.66. The highest BCUT2D eigenvalue weighted by Gasteiger charge is 2.31. The molecule has 1 aliphatic rings. The second-order valence-electron chi connectivity index (χ2n) is 6.34. The Kier molecular flexibility index (Phi) is 4.54. The molecule has 2 aromatic carbocycles. The molecule has 0 unspecified atom stereocenters. The Labute approximate surface area is 152 Å². The van der Waals surface area contributed by atoms with E-state index < -0.39 is 0 Å². The van der Waals surface area contributed by atoms with Gasteiger partial charge in [0, 0.05) is 36.8 Å². The summed E-state index contributed by atoms with van der Waals surface area (Å²) in [5.74, 6) is 0.754. The predicted molar refractivity (Wildman–Crippen MR) is 101 cm³/mol. The van der Waals surface area contributed by atoms with Crippen LogP contribution in [0.2, 0.25) is 0 Å². The van der Waals surface area contributed by atoms with Gasteiger partial charge in [0.2, 0.25) is 0 Å². The van der Waals surface area contributed by atoms with Gasteiger partial charge in [0.15, 0.2) is 0 Å². The number of para-hydroxylation sites is 1. The molecule has 26 heavy (non-hydrogen) atoms. The highest BCUT2D eigenvalue weighted by atomic mass is 16.5. The third-order valence-corrected chi connectivity index (χ3v) is 4.88. The molecule has 1 fully saturated rings. The zero-order valence-corrected chi connectivity index (χ0v) is 14.7. The van der Waals surface area contributed by atoms with E-state index in [4.69, 9.17) is 4.74 Å². The lowest BCUT2D eigenvalue weighted by Gasteiger charge is -2.37. The Balaban J connectivity index is 1.75. The summed E-state index contributed by atoms with van der Waals surface area (Å²) in [6.45, 7) is 2.09. The van der Waals surface area contributed by atoms with Crippen molar-refractivity contribution < 1.29 is 9.53 Å². The second-order valence-corrected chi connectivity index (χ2v) is 6.34. The van der Waals surface area contributed by atoms with Crippen molar-refractivity contribution in [3.8, 4) is 5.75 Å². The standard InChI is InChI=1S/C21H21N3O2/c1-26-19-9-5-4-8-17(19)18-14-22-12-13-24(18)21(25)20-16-7-3-2-6-15(16)10-11-23-20/h2-11,18,22H,12-14H2,1H3/t18-/m1/s1. The first kappa shape index (κ1) is 16.5. The molecule has 0 radical (unpaired) electrons. The molecule has 1 amide bonds. The molecule has 5 heteroatoms. The minimum atomic E-state index is -0.0897. The molecular formula is C21H21N3O2. The zero-order chi connectivity index (χ0) is 17.9. The van der Waals surface area contributed by atoms with Crippen LogP contribution in [-0.2, 0) is 0 Å². The fraction of sp³-hybridized carbons (Fsp3) is 0.238. The SMILES string of the molecule is COc1ccccc1[C@H]1CNCCN1C(=O)c1nccc2ccccc12. The molecule has 1 aromatic heterocycles. The molecule has 1 atom stereocenters. The zero-order valence-electron chi connectivity index (χ0n) is 14.7. The number of benzene rings is 2. The van der Waals surface area contributed by atoms with Crippen LogP contribution in [0.25, 0.3) is 10.8 Å². The quantitative estimate of drug-likeness (QED) is 0.791. The first-order valence-corrected chi connectivity index (χ1v) is 8.78. The number of pyridine rings is 1. The van der Waals surface area contributed by atoms with Crippen LogP contribution in [0.15, 0.2) is 60.8 Å². The average molecular weight is 347 g/mol. The molecule has 0 bridgehead atoms. The molecule has 4 rings (SSSR count). The summed E-state index contributed by atoms with van der Waals surface area (Å²) >= 11 is 0.